The Morgan fingerprint density at radius 3 is 1.32 bits per heavy atom. The molecule has 0 atom stereocenters. The first kappa shape index (κ1) is 38.0. The maximum absolute atomic E-state index is 6.99. The van der Waals surface area contributed by atoms with Crippen LogP contribution in [0.2, 0.25) is 0 Å². The Morgan fingerprint density at radius 1 is 0.262 bits per heavy atom. The summed E-state index contributed by atoms with van der Waals surface area (Å²) in [4.78, 5) is 15.0. The quantitative estimate of drug-likeness (QED) is 0.153. The summed E-state index contributed by atoms with van der Waals surface area (Å²) < 4.78 is 6.99. The lowest BCUT2D eigenvalue weighted by molar-refractivity contribution is 0.489. The molecule has 1 aliphatic rings. The van der Waals surface area contributed by atoms with Gasteiger partial charge in [0.15, 0.2) is 17.5 Å². The van der Waals surface area contributed by atoms with Crippen molar-refractivity contribution >= 4 is 10.8 Å². The lowest BCUT2D eigenvalue weighted by atomic mass is 9.83. The summed E-state index contributed by atoms with van der Waals surface area (Å²) >= 11 is 0. The number of rotatable bonds is 8. The Balaban J connectivity index is 1.04. The van der Waals surface area contributed by atoms with Gasteiger partial charge in [0.2, 0.25) is 0 Å². The van der Waals surface area contributed by atoms with E-state index in [9.17, 15) is 0 Å². The van der Waals surface area contributed by atoms with Crippen LogP contribution in [0.5, 0.6) is 11.5 Å². The summed E-state index contributed by atoms with van der Waals surface area (Å²) in [6, 6.07) is 83.1. The van der Waals surface area contributed by atoms with Gasteiger partial charge in [-0.2, -0.15) is 0 Å². The van der Waals surface area contributed by atoms with E-state index in [1.54, 1.807) is 0 Å². The third kappa shape index (κ3) is 7.04. The summed E-state index contributed by atoms with van der Waals surface area (Å²) in [5, 5.41) is 2.31. The van der Waals surface area contributed by atoms with E-state index in [1.165, 1.54) is 10.9 Å². The van der Waals surface area contributed by atoms with E-state index in [0.29, 0.717) is 17.5 Å². The molecule has 4 nitrogen and oxygen atoms in total. The van der Waals surface area contributed by atoms with Gasteiger partial charge in [-0.25, -0.2) is 15.0 Å². The van der Waals surface area contributed by atoms with Gasteiger partial charge in [-0.1, -0.05) is 206 Å². The summed E-state index contributed by atoms with van der Waals surface area (Å²) in [6.07, 6.45) is 0. The first-order chi connectivity index (χ1) is 32.2. The zero-order valence-electron chi connectivity index (χ0n) is 35.3. The Labute approximate surface area is 377 Å². The highest BCUT2D eigenvalue weighted by Gasteiger charge is 2.26. The SMILES string of the molecule is c1ccc(-c2cc(-c3cccc(-c4cccc(-c5nc(-c6ccccc6)nc(-c6ccccc6)n5)c4)c3)c(-c3ccccc3)c(-c3cccc4c3Oc3cccc5cccc-4c35)c2)cc1. The minimum absolute atomic E-state index is 0.620. The number of nitrogens with zero attached hydrogens (tertiary/aromatic N) is 3. The van der Waals surface area contributed by atoms with E-state index in [2.05, 4.69) is 176 Å². The largest absolute Gasteiger partial charge is 0.455 e. The fraction of sp³-hybridized carbons (Fsp3) is 0. The molecule has 0 fully saturated rings. The van der Waals surface area contributed by atoms with E-state index < -0.39 is 0 Å². The third-order valence-corrected chi connectivity index (χ3v) is 12.3. The minimum Gasteiger partial charge on any atom is -0.455 e. The van der Waals surface area contributed by atoms with Gasteiger partial charge in [-0.15, -0.1) is 0 Å². The second kappa shape index (κ2) is 16.2. The normalized spacial score (nSPS) is 11.5. The smallest absolute Gasteiger partial charge is 0.164 e. The highest BCUT2D eigenvalue weighted by molar-refractivity contribution is 6.07. The van der Waals surface area contributed by atoms with Gasteiger partial charge in [-0.05, 0) is 91.4 Å². The monoisotopic (exact) mass is 829 g/mol. The van der Waals surface area contributed by atoms with Gasteiger partial charge >= 0.3 is 0 Å². The minimum atomic E-state index is 0.620. The fourth-order valence-electron chi connectivity index (χ4n) is 9.23. The van der Waals surface area contributed by atoms with Gasteiger partial charge in [0.25, 0.3) is 0 Å². The zero-order valence-corrected chi connectivity index (χ0v) is 35.3. The predicted octanol–water partition coefficient (Wildman–Crippen LogP) is 16.1. The van der Waals surface area contributed by atoms with Gasteiger partial charge in [0.05, 0.1) is 0 Å². The van der Waals surface area contributed by atoms with Crippen LogP contribution in [-0.2, 0) is 0 Å². The summed E-state index contributed by atoms with van der Waals surface area (Å²) in [5.41, 5.74) is 16.1. The number of hydrogen-bond donors (Lipinski definition) is 0. The lowest BCUT2D eigenvalue weighted by Gasteiger charge is -2.25. The van der Waals surface area contributed by atoms with Crippen molar-refractivity contribution in [2.75, 3.05) is 0 Å². The van der Waals surface area contributed by atoms with Crippen molar-refractivity contribution in [2.45, 2.75) is 0 Å². The van der Waals surface area contributed by atoms with Crippen LogP contribution >= 0.6 is 0 Å². The molecule has 2 heterocycles. The maximum atomic E-state index is 6.99. The van der Waals surface area contributed by atoms with Crippen molar-refractivity contribution in [3.8, 4) is 112 Å². The first-order valence-electron chi connectivity index (χ1n) is 21.9. The van der Waals surface area contributed by atoms with Crippen molar-refractivity contribution in [3.05, 3.63) is 237 Å². The molecule has 65 heavy (non-hydrogen) atoms. The van der Waals surface area contributed by atoms with Crippen molar-refractivity contribution < 1.29 is 4.74 Å². The topological polar surface area (TPSA) is 47.9 Å². The van der Waals surface area contributed by atoms with Crippen molar-refractivity contribution in [2.24, 2.45) is 0 Å². The highest BCUT2D eigenvalue weighted by Crippen LogP contribution is 2.53. The molecule has 0 spiro atoms. The summed E-state index contributed by atoms with van der Waals surface area (Å²) in [7, 11) is 0. The summed E-state index contributed by atoms with van der Waals surface area (Å²) in [6.45, 7) is 0. The van der Waals surface area contributed by atoms with Gasteiger partial charge in [0, 0.05) is 33.2 Å². The molecule has 0 bridgehead atoms. The molecule has 11 aromatic rings. The number of hydrogen-bond acceptors (Lipinski definition) is 4. The number of fused-ring (bicyclic) bond motifs is 2. The summed E-state index contributed by atoms with van der Waals surface area (Å²) in [5.74, 6) is 3.63. The van der Waals surface area contributed by atoms with Crippen LogP contribution in [-0.4, -0.2) is 15.0 Å². The van der Waals surface area contributed by atoms with E-state index in [4.69, 9.17) is 19.7 Å². The van der Waals surface area contributed by atoms with E-state index in [1.807, 2.05) is 60.7 Å². The van der Waals surface area contributed by atoms with Crippen molar-refractivity contribution in [3.63, 3.8) is 0 Å². The van der Waals surface area contributed by atoms with Crippen molar-refractivity contribution in [1.29, 1.82) is 0 Å². The molecule has 0 aliphatic carbocycles. The molecule has 0 unspecified atom stereocenters. The van der Waals surface area contributed by atoms with Gasteiger partial charge in [0.1, 0.15) is 11.5 Å². The molecule has 4 heteroatoms. The van der Waals surface area contributed by atoms with Crippen LogP contribution in [0.4, 0.5) is 0 Å². The Bertz CT molecular complexity index is 3490. The molecule has 1 aliphatic heterocycles. The average Bonchev–Trinajstić information content (AvgIpc) is 3.39. The van der Waals surface area contributed by atoms with Crippen LogP contribution in [0.3, 0.4) is 0 Å². The molecule has 0 amide bonds. The molecular formula is C61H39N3O. The number of para-hydroxylation sites is 1. The zero-order chi connectivity index (χ0) is 43.1. The molecule has 10 aromatic carbocycles. The molecule has 0 N–H and O–H groups in total. The Hall–Kier alpha value is -8.73. The van der Waals surface area contributed by atoms with Gasteiger partial charge in [-0.3, -0.25) is 0 Å². The Morgan fingerprint density at radius 2 is 0.692 bits per heavy atom. The molecule has 304 valence electrons. The van der Waals surface area contributed by atoms with E-state index in [-0.39, 0.29) is 0 Å². The second-order valence-corrected chi connectivity index (χ2v) is 16.3. The van der Waals surface area contributed by atoms with Crippen LogP contribution < -0.4 is 4.74 Å². The molecule has 0 radical (unpaired) electrons. The maximum Gasteiger partial charge on any atom is 0.164 e. The molecular weight excluding hydrogens is 791 g/mol. The highest BCUT2D eigenvalue weighted by atomic mass is 16.5. The average molecular weight is 830 g/mol. The van der Waals surface area contributed by atoms with Crippen molar-refractivity contribution in [1.82, 2.24) is 15.0 Å². The second-order valence-electron chi connectivity index (χ2n) is 16.3. The van der Waals surface area contributed by atoms with Crippen LogP contribution in [0, 0.1) is 0 Å². The standard InChI is InChI=1S/C61H39N3O/c1-5-18-40(19-6-1)49-38-53(56(41-20-7-2-8-21-41)54(39-49)52-34-17-33-51-50-32-15-26-42-27-16-35-55(57(42)50)65-58(51)52)47-30-13-28-45(36-47)46-29-14-31-48(37-46)61-63-59(43-22-9-3-10-23-43)62-60(64-61)44-24-11-4-12-25-44/h1-39H. The van der Waals surface area contributed by atoms with E-state index >= 15 is 0 Å². The van der Waals surface area contributed by atoms with Crippen LogP contribution in [0.15, 0.2) is 237 Å². The number of ether oxygens (including phenoxy) is 1. The van der Waals surface area contributed by atoms with Crippen LogP contribution in [0.1, 0.15) is 0 Å². The fourth-order valence-corrected chi connectivity index (χ4v) is 9.23. The molecule has 12 rings (SSSR count). The first-order valence-corrected chi connectivity index (χ1v) is 21.9. The number of aromatic nitrogens is 3. The number of benzene rings is 10. The lowest BCUT2D eigenvalue weighted by Crippen LogP contribution is -2.00. The molecule has 0 saturated heterocycles. The predicted molar refractivity (Wildman–Crippen MR) is 266 cm³/mol. The van der Waals surface area contributed by atoms with E-state index in [0.717, 1.165) is 94.8 Å². The Kier molecular flexibility index (Phi) is 9.46. The third-order valence-electron chi connectivity index (χ3n) is 12.3. The van der Waals surface area contributed by atoms with Crippen LogP contribution in [0.25, 0.3) is 112 Å². The molecule has 1 aromatic heterocycles. The van der Waals surface area contributed by atoms with Gasteiger partial charge < -0.3 is 4.74 Å². The molecule has 0 saturated carbocycles.